The molecule has 1 N–H and O–H groups in total. The standard InChI is InChI=1S/C11H5BrN4OS/c12-6-3-9(18-5-6)10-15-11(17-16-10)8-2-1-7(4-13)14-8/h1-3,5,14H. The van der Waals surface area contributed by atoms with E-state index >= 15 is 0 Å². The fourth-order valence-electron chi connectivity index (χ4n) is 1.45. The number of aromatic amines is 1. The highest BCUT2D eigenvalue weighted by Crippen LogP contribution is 2.29. The van der Waals surface area contributed by atoms with E-state index in [4.69, 9.17) is 9.78 Å². The van der Waals surface area contributed by atoms with E-state index in [-0.39, 0.29) is 0 Å². The number of H-pyrrole nitrogens is 1. The maximum atomic E-state index is 8.73. The zero-order valence-corrected chi connectivity index (χ0v) is 11.2. The van der Waals surface area contributed by atoms with E-state index < -0.39 is 0 Å². The Morgan fingerprint density at radius 3 is 3.00 bits per heavy atom. The molecule has 3 aromatic rings. The molecule has 0 amide bonds. The summed E-state index contributed by atoms with van der Waals surface area (Å²) in [4.78, 5) is 8.09. The number of nitriles is 1. The average molecular weight is 321 g/mol. The number of hydrogen-bond acceptors (Lipinski definition) is 5. The molecule has 3 rings (SSSR count). The largest absolute Gasteiger partial charge is 0.342 e. The molecule has 0 radical (unpaired) electrons. The van der Waals surface area contributed by atoms with Crippen LogP contribution < -0.4 is 0 Å². The van der Waals surface area contributed by atoms with Crippen LogP contribution in [-0.2, 0) is 0 Å². The van der Waals surface area contributed by atoms with Gasteiger partial charge in [-0.3, -0.25) is 0 Å². The van der Waals surface area contributed by atoms with Gasteiger partial charge in [0.25, 0.3) is 5.89 Å². The molecule has 0 aromatic carbocycles. The first-order valence-corrected chi connectivity index (χ1v) is 6.61. The number of hydrogen-bond donors (Lipinski definition) is 1. The minimum Gasteiger partial charge on any atom is -0.342 e. The molecule has 0 fully saturated rings. The van der Waals surface area contributed by atoms with Crippen LogP contribution >= 0.6 is 27.3 Å². The zero-order chi connectivity index (χ0) is 12.5. The van der Waals surface area contributed by atoms with Gasteiger partial charge in [-0.2, -0.15) is 10.2 Å². The Morgan fingerprint density at radius 2 is 2.33 bits per heavy atom. The first-order chi connectivity index (χ1) is 8.76. The van der Waals surface area contributed by atoms with E-state index in [1.807, 2.05) is 17.5 Å². The lowest BCUT2D eigenvalue weighted by atomic mass is 10.4. The molecule has 0 unspecified atom stereocenters. The van der Waals surface area contributed by atoms with E-state index in [2.05, 4.69) is 31.1 Å². The Bertz CT molecular complexity index is 736. The van der Waals surface area contributed by atoms with Crippen LogP contribution in [0.5, 0.6) is 0 Å². The second-order valence-electron chi connectivity index (χ2n) is 3.45. The SMILES string of the molecule is N#Cc1ccc(-c2nc(-c3cc(Br)cs3)no2)[nH]1. The van der Waals surface area contributed by atoms with E-state index in [0.717, 1.165) is 9.35 Å². The van der Waals surface area contributed by atoms with Crippen LogP contribution in [0.15, 0.2) is 32.6 Å². The third-order valence-corrected chi connectivity index (χ3v) is 3.94. The highest BCUT2D eigenvalue weighted by molar-refractivity contribution is 9.10. The van der Waals surface area contributed by atoms with Crippen molar-refractivity contribution in [2.45, 2.75) is 0 Å². The van der Waals surface area contributed by atoms with Crippen LogP contribution in [0.3, 0.4) is 0 Å². The zero-order valence-electron chi connectivity index (χ0n) is 8.85. The lowest BCUT2D eigenvalue weighted by molar-refractivity contribution is 0.431. The fraction of sp³-hybridized carbons (Fsp3) is 0. The molecule has 0 atom stereocenters. The highest BCUT2D eigenvalue weighted by Gasteiger charge is 2.13. The summed E-state index contributed by atoms with van der Waals surface area (Å²) >= 11 is 4.90. The molecule has 0 bridgehead atoms. The second-order valence-corrected chi connectivity index (χ2v) is 5.28. The molecule has 5 nitrogen and oxygen atoms in total. The predicted molar refractivity (Wildman–Crippen MR) is 69.8 cm³/mol. The normalized spacial score (nSPS) is 10.4. The molecule has 0 aliphatic rings. The monoisotopic (exact) mass is 320 g/mol. The lowest BCUT2D eigenvalue weighted by Gasteiger charge is -1.85. The molecule has 88 valence electrons. The smallest absolute Gasteiger partial charge is 0.274 e. The molecule has 3 heterocycles. The summed E-state index contributed by atoms with van der Waals surface area (Å²) in [6.45, 7) is 0. The molecular weight excluding hydrogens is 316 g/mol. The predicted octanol–water partition coefficient (Wildman–Crippen LogP) is 3.43. The van der Waals surface area contributed by atoms with Gasteiger partial charge in [-0.1, -0.05) is 5.16 Å². The molecule has 18 heavy (non-hydrogen) atoms. The number of thiophene rings is 1. The van der Waals surface area contributed by atoms with Gasteiger partial charge in [-0.05, 0) is 34.1 Å². The summed E-state index contributed by atoms with van der Waals surface area (Å²) in [5.74, 6) is 0.907. The molecule has 3 aromatic heterocycles. The summed E-state index contributed by atoms with van der Waals surface area (Å²) in [5.41, 5.74) is 1.10. The quantitative estimate of drug-likeness (QED) is 0.784. The van der Waals surface area contributed by atoms with E-state index in [9.17, 15) is 0 Å². The van der Waals surface area contributed by atoms with Crippen molar-refractivity contribution in [3.8, 4) is 28.4 Å². The first-order valence-electron chi connectivity index (χ1n) is 4.94. The average Bonchev–Trinajstić information content (AvgIpc) is 3.07. The summed E-state index contributed by atoms with van der Waals surface area (Å²) in [5, 5.41) is 14.6. The van der Waals surface area contributed by atoms with Crippen molar-refractivity contribution in [2.75, 3.05) is 0 Å². The Kier molecular flexibility index (Phi) is 2.74. The summed E-state index contributed by atoms with van der Waals surface area (Å²) in [6, 6.07) is 7.34. The molecule has 0 spiro atoms. The number of nitrogens with one attached hydrogen (secondary N) is 1. The first kappa shape index (κ1) is 11.2. The maximum Gasteiger partial charge on any atom is 0.274 e. The minimum atomic E-state index is 0.371. The Hall–Kier alpha value is -1.91. The minimum absolute atomic E-state index is 0.371. The van der Waals surface area contributed by atoms with Crippen LogP contribution in [-0.4, -0.2) is 15.1 Å². The van der Waals surface area contributed by atoms with Gasteiger partial charge < -0.3 is 9.51 Å². The molecule has 0 aliphatic carbocycles. The van der Waals surface area contributed by atoms with Gasteiger partial charge in [0.1, 0.15) is 17.5 Å². The van der Waals surface area contributed by atoms with E-state index in [0.29, 0.717) is 23.1 Å². The molecule has 0 saturated carbocycles. The number of rotatable bonds is 2. The molecular formula is C11H5BrN4OS. The fourth-order valence-corrected chi connectivity index (χ4v) is 2.80. The third kappa shape index (κ3) is 1.96. The van der Waals surface area contributed by atoms with Crippen molar-refractivity contribution in [3.05, 3.63) is 33.7 Å². The van der Waals surface area contributed by atoms with Gasteiger partial charge in [0, 0.05) is 9.85 Å². The third-order valence-electron chi connectivity index (χ3n) is 2.25. The van der Waals surface area contributed by atoms with Crippen molar-refractivity contribution >= 4 is 27.3 Å². The molecule has 7 heteroatoms. The number of halogens is 1. The molecule has 0 saturated heterocycles. The molecule has 0 aliphatic heterocycles. The van der Waals surface area contributed by atoms with Crippen molar-refractivity contribution in [3.63, 3.8) is 0 Å². The Morgan fingerprint density at radius 1 is 1.44 bits per heavy atom. The second kappa shape index (κ2) is 4.40. The van der Waals surface area contributed by atoms with Crippen LogP contribution in [0.4, 0.5) is 0 Å². The van der Waals surface area contributed by atoms with Gasteiger partial charge in [-0.15, -0.1) is 11.3 Å². The van der Waals surface area contributed by atoms with Crippen LogP contribution in [0, 0.1) is 11.3 Å². The van der Waals surface area contributed by atoms with Crippen molar-refractivity contribution in [1.82, 2.24) is 15.1 Å². The van der Waals surface area contributed by atoms with Gasteiger partial charge in [0.15, 0.2) is 0 Å². The summed E-state index contributed by atoms with van der Waals surface area (Å²) in [7, 11) is 0. The van der Waals surface area contributed by atoms with E-state index in [1.54, 1.807) is 12.1 Å². The Labute approximate surface area is 114 Å². The summed E-state index contributed by atoms with van der Waals surface area (Å²) in [6.07, 6.45) is 0. The van der Waals surface area contributed by atoms with Gasteiger partial charge in [-0.25, -0.2) is 0 Å². The van der Waals surface area contributed by atoms with Crippen LogP contribution in [0.25, 0.3) is 22.3 Å². The number of nitrogens with zero attached hydrogens (tertiary/aromatic N) is 3. The Balaban J connectivity index is 1.96. The lowest BCUT2D eigenvalue weighted by Crippen LogP contribution is -1.79. The van der Waals surface area contributed by atoms with Gasteiger partial charge in [0.2, 0.25) is 5.82 Å². The van der Waals surface area contributed by atoms with Gasteiger partial charge >= 0.3 is 0 Å². The van der Waals surface area contributed by atoms with Gasteiger partial charge in [0.05, 0.1) is 4.88 Å². The number of aromatic nitrogens is 3. The van der Waals surface area contributed by atoms with Crippen molar-refractivity contribution < 1.29 is 4.52 Å². The van der Waals surface area contributed by atoms with Crippen molar-refractivity contribution in [2.24, 2.45) is 0 Å². The highest BCUT2D eigenvalue weighted by atomic mass is 79.9. The van der Waals surface area contributed by atoms with E-state index in [1.165, 1.54) is 11.3 Å². The topological polar surface area (TPSA) is 78.5 Å². The van der Waals surface area contributed by atoms with Crippen molar-refractivity contribution in [1.29, 1.82) is 5.26 Å². The summed E-state index contributed by atoms with van der Waals surface area (Å²) < 4.78 is 6.15. The van der Waals surface area contributed by atoms with Crippen LogP contribution in [0.2, 0.25) is 0 Å². The van der Waals surface area contributed by atoms with Crippen LogP contribution in [0.1, 0.15) is 5.69 Å². The maximum absolute atomic E-state index is 8.73.